The molecule has 0 saturated carbocycles. The number of amides is 1. The molecule has 0 radical (unpaired) electrons. The fourth-order valence-electron chi connectivity index (χ4n) is 2.76. The molecule has 2 aromatic carbocycles. The molecule has 2 aromatic heterocycles. The van der Waals surface area contributed by atoms with E-state index in [9.17, 15) is 13.2 Å². The SMILES string of the molecule is CC(=O)Nc1cccc(Nc2ncc3nnn(-c4cccc(S(N)(=O)=O)c4)c3n2)c1. The maximum absolute atomic E-state index is 11.6. The van der Waals surface area contributed by atoms with E-state index in [4.69, 9.17) is 5.14 Å². The van der Waals surface area contributed by atoms with Crippen LogP contribution < -0.4 is 15.8 Å². The van der Waals surface area contributed by atoms with E-state index in [-0.39, 0.29) is 16.8 Å². The summed E-state index contributed by atoms with van der Waals surface area (Å²) in [5, 5.41) is 19.0. The van der Waals surface area contributed by atoms with E-state index in [1.807, 2.05) is 0 Å². The second kappa shape index (κ2) is 7.50. The first-order valence-electron chi connectivity index (χ1n) is 8.66. The maximum Gasteiger partial charge on any atom is 0.238 e. The fourth-order valence-corrected chi connectivity index (χ4v) is 3.31. The number of aromatic nitrogens is 5. The third-order valence-electron chi connectivity index (χ3n) is 4.02. The number of carbonyl (C=O) groups is 1. The van der Waals surface area contributed by atoms with Crippen molar-refractivity contribution in [1.29, 1.82) is 0 Å². The van der Waals surface area contributed by atoms with Gasteiger partial charge in [0.25, 0.3) is 0 Å². The molecule has 4 rings (SSSR count). The Morgan fingerprint density at radius 3 is 2.63 bits per heavy atom. The van der Waals surface area contributed by atoms with Gasteiger partial charge < -0.3 is 10.6 Å². The molecule has 1 amide bonds. The first-order chi connectivity index (χ1) is 14.3. The van der Waals surface area contributed by atoms with Crippen molar-refractivity contribution >= 4 is 44.4 Å². The summed E-state index contributed by atoms with van der Waals surface area (Å²) in [5.74, 6) is 0.0927. The van der Waals surface area contributed by atoms with Gasteiger partial charge in [-0.2, -0.15) is 9.67 Å². The lowest BCUT2D eigenvalue weighted by atomic mass is 10.2. The smallest absolute Gasteiger partial charge is 0.238 e. The zero-order chi connectivity index (χ0) is 21.3. The first kappa shape index (κ1) is 19.4. The summed E-state index contributed by atoms with van der Waals surface area (Å²) in [4.78, 5) is 19.8. The van der Waals surface area contributed by atoms with E-state index in [1.54, 1.807) is 36.4 Å². The van der Waals surface area contributed by atoms with Crippen molar-refractivity contribution in [2.75, 3.05) is 10.6 Å². The van der Waals surface area contributed by atoms with Crippen molar-refractivity contribution < 1.29 is 13.2 Å². The van der Waals surface area contributed by atoms with Crippen LogP contribution in [0.15, 0.2) is 59.6 Å². The molecule has 4 aromatic rings. The van der Waals surface area contributed by atoms with Crippen LogP contribution >= 0.6 is 0 Å². The van der Waals surface area contributed by atoms with Crippen LogP contribution in [-0.2, 0) is 14.8 Å². The Morgan fingerprint density at radius 2 is 1.87 bits per heavy atom. The molecule has 0 saturated heterocycles. The fraction of sp³-hybridized carbons (Fsp3) is 0.0556. The number of benzene rings is 2. The van der Waals surface area contributed by atoms with Crippen molar-refractivity contribution in [3.63, 3.8) is 0 Å². The molecule has 30 heavy (non-hydrogen) atoms. The van der Waals surface area contributed by atoms with Gasteiger partial charge in [-0.1, -0.05) is 17.3 Å². The van der Waals surface area contributed by atoms with Gasteiger partial charge in [0.1, 0.15) is 0 Å². The Bertz CT molecular complexity index is 1370. The standard InChI is InChI=1S/C18H16N8O3S/c1-11(27)21-12-4-2-5-13(8-12)22-18-20-10-16-17(23-18)26(25-24-16)14-6-3-7-15(9-14)30(19,28)29/h2-10H,1H3,(H,21,27)(H2,19,28,29)(H,20,22,23). The van der Waals surface area contributed by atoms with E-state index >= 15 is 0 Å². The summed E-state index contributed by atoms with van der Waals surface area (Å²) >= 11 is 0. The van der Waals surface area contributed by atoms with Gasteiger partial charge in [0.15, 0.2) is 11.2 Å². The minimum Gasteiger partial charge on any atom is -0.326 e. The number of hydrogen-bond donors (Lipinski definition) is 3. The van der Waals surface area contributed by atoms with Crippen LogP contribution in [-0.4, -0.2) is 39.3 Å². The number of rotatable bonds is 5. The molecule has 0 bridgehead atoms. The minimum atomic E-state index is -3.87. The number of primary sulfonamides is 1. The number of nitrogens with zero attached hydrogens (tertiary/aromatic N) is 5. The second-order valence-electron chi connectivity index (χ2n) is 6.33. The first-order valence-corrected chi connectivity index (χ1v) is 10.2. The topological polar surface area (TPSA) is 158 Å². The predicted octanol–water partition coefficient (Wildman–Crippen LogP) is 1.56. The van der Waals surface area contributed by atoms with Crippen molar-refractivity contribution in [2.45, 2.75) is 11.8 Å². The predicted molar refractivity (Wildman–Crippen MR) is 110 cm³/mol. The highest BCUT2D eigenvalue weighted by atomic mass is 32.2. The van der Waals surface area contributed by atoms with Crippen LogP contribution in [0.25, 0.3) is 16.9 Å². The molecular formula is C18H16N8O3S. The van der Waals surface area contributed by atoms with Crippen LogP contribution in [0.5, 0.6) is 0 Å². The molecule has 0 aliphatic carbocycles. The molecule has 0 atom stereocenters. The Balaban J connectivity index is 1.70. The average Bonchev–Trinajstić information content (AvgIpc) is 3.10. The summed E-state index contributed by atoms with van der Waals surface area (Å²) < 4.78 is 24.7. The largest absolute Gasteiger partial charge is 0.326 e. The third-order valence-corrected chi connectivity index (χ3v) is 4.93. The van der Waals surface area contributed by atoms with E-state index < -0.39 is 10.0 Å². The zero-order valence-corrected chi connectivity index (χ0v) is 16.5. The molecular weight excluding hydrogens is 408 g/mol. The minimum absolute atomic E-state index is 0.0501. The molecule has 2 heterocycles. The van der Waals surface area contributed by atoms with Crippen LogP contribution in [0.4, 0.5) is 17.3 Å². The lowest BCUT2D eigenvalue weighted by Crippen LogP contribution is -2.12. The molecule has 0 fully saturated rings. The Kier molecular flexibility index (Phi) is 4.85. The van der Waals surface area contributed by atoms with Crippen molar-refractivity contribution in [2.24, 2.45) is 5.14 Å². The van der Waals surface area contributed by atoms with Gasteiger partial charge in [-0.3, -0.25) is 4.79 Å². The normalized spacial score (nSPS) is 11.4. The zero-order valence-electron chi connectivity index (χ0n) is 15.6. The highest BCUT2D eigenvalue weighted by Gasteiger charge is 2.14. The number of sulfonamides is 1. The van der Waals surface area contributed by atoms with Crippen LogP contribution in [0.3, 0.4) is 0 Å². The van der Waals surface area contributed by atoms with Gasteiger partial charge in [0, 0.05) is 18.3 Å². The van der Waals surface area contributed by atoms with Crippen molar-refractivity contribution in [3.8, 4) is 5.69 Å². The number of carbonyl (C=O) groups excluding carboxylic acids is 1. The van der Waals surface area contributed by atoms with Crippen molar-refractivity contribution in [3.05, 3.63) is 54.7 Å². The quantitative estimate of drug-likeness (QED) is 0.435. The lowest BCUT2D eigenvalue weighted by Gasteiger charge is -2.08. The Morgan fingerprint density at radius 1 is 1.10 bits per heavy atom. The van der Waals surface area contributed by atoms with Gasteiger partial charge >= 0.3 is 0 Å². The number of nitrogens with two attached hydrogens (primary N) is 1. The number of anilines is 3. The van der Waals surface area contributed by atoms with Crippen molar-refractivity contribution in [1.82, 2.24) is 25.0 Å². The van der Waals surface area contributed by atoms with Crippen LogP contribution in [0.1, 0.15) is 6.92 Å². The van der Waals surface area contributed by atoms with Crippen LogP contribution in [0.2, 0.25) is 0 Å². The average molecular weight is 424 g/mol. The summed E-state index contributed by atoms with van der Waals surface area (Å²) in [7, 11) is -3.87. The van der Waals surface area contributed by atoms with E-state index in [0.717, 1.165) is 0 Å². The molecule has 0 unspecified atom stereocenters. The molecule has 0 spiro atoms. The molecule has 0 aliphatic heterocycles. The maximum atomic E-state index is 11.6. The number of fused-ring (bicyclic) bond motifs is 1. The van der Waals surface area contributed by atoms with Crippen LogP contribution in [0, 0.1) is 0 Å². The highest BCUT2D eigenvalue weighted by Crippen LogP contribution is 2.21. The lowest BCUT2D eigenvalue weighted by molar-refractivity contribution is -0.114. The highest BCUT2D eigenvalue weighted by molar-refractivity contribution is 7.89. The van der Waals surface area contributed by atoms with Gasteiger partial charge in [-0.25, -0.2) is 18.5 Å². The Hall–Kier alpha value is -3.90. The molecule has 12 heteroatoms. The van der Waals surface area contributed by atoms with E-state index in [0.29, 0.717) is 28.2 Å². The second-order valence-corrected chi connectivity index (χ2v) is 7.89. The summed E-state index contributed by atoms with van der Waals surface area (Å²) in [5.41, 5.74) is 2.52. The van der Waals surface area contributed by atoms with Gasteiger partial charge in [0.2, 0.25) is 21.9 Å². The monoisotopic (exact) mass is 424 g/mol. The molecule has 11 nitrogen and oxygen atoms in total. The van der Waals surface area contributed by atoms with E-state index in [1.165, 1.54) is 29.9 Å². The number of nitrogens with one attached hydrogen (secondary N) is 2. The molecule has 4 N–H and O–H groups in total. The third kappa shape index (κ3) is 4.09. The van der Waals surface area contributed by atoms with Gasteiger partial charge in [0.05, 0.1) is 16.8 Å². The summed E-state index contributed by atoms with van der Waals surface area (Å²) in [6.07, 6.45) is 1.50. The number of hydrogen-bond acceptors (Lipinski definition) is 8. The molecule has 0 aliphatic rings. The summed E-state index contributed by atoms with van der Waals surface area (Å²) in [6.45, 7) is 1.43. The Labute approximate surface area is 171 Å². The van der Waals surface area contributed by atoms with Gasteiger partial charge in [-0.05, 0) is 36.4 Å². The molecule has 152 valence electrons. The van der Waals surface area contributed by atoms with E-state index in [2.05, 4.69) is 30.9 Å². The summed E-state index contributed by atoms with van der Waals surface area (Å²) in [6, 6.07) is 13.1. The van der Waals surface area contributed by atoms with Gasteiger partial charge in [-0.15, -0.1) is 5.10 Å².